The molecule has 0 spiro atoms. The highest BCUT2D eigenvalue weighted by atomic mass is 32.1. The maximum atomic E-state index is 11.8. The molecule has 2 rings (SSSR count). The van der Waals surface area contributed by atoms with Crippen molar-refractivity contribution in [2.45, 2.75) is 6.42 Å². The molecule has 1 aliphatic heterocycles. The van der Waals surface area contributed by atoms with Gasteiger partial charge in [0.15, 0.2) is 0 Å². The van der Waals surface area contributed by atoms with Crippen LogP contribution in [0.4, 0.5) is 4.39 Å². The van der Waals surface area contributed by atoms with E-state index in [9.17, 15) is 4.39 Å². The Bertz CT molecular complexity index is 470. The molecule has 0 amide bonds. The Hall–Kier alpha value is -1.09. The smallest absolute Gasteiger partial charge is 0.253 e. The fourth-order valence-electron chi connectivity index (χ4n) is 2.11. The summed E-state index contributed by atoms with van der Waals surface area (Å²) in [5.74, 6) is 0.573. The van der Waals surface area contributed by atoms with Crippen LogP contribution in [0.25, 0.3) is 5.57 Å². The van der Waals surface area contributed by atoms with Crippen LogP contribution in [0.5, 0.6) is 5.88 Å². The summed E-state index contributed by atoms with van der Waals surface area (Å²) in [5.41, 5.74) is 2.00. The van der Waals surface area contributed by atoms with E-state index in [1.54, 1.807) is 0 Å². The third-order valence-electron chi connectivity index (χ3n) is 3.16. The predicted octanol–water partition coefficient (Wildman–Crippen LogP) is 1.64. The Balaban J connectivity index is 1.69. The van der Waals surface area contributed by atoms with Crippen LogP contribution in [0.15, 0.2) is 6.08 Å². The van der Waals surface area contributed by atoms with Gasteiger partial charge in [0.1, 0.15) is 19.0 Å². The Labute approximate surface area is 134 Å². The van der Waals surface area contributed by atoms with Crippen LogP contribution in [0.2, 0.25) is 0 Å². The van der Waals surface area contributed by atoms with Gasteiger partial charge < -0.3 is 19.1 Å². The van der Waals surface area contributed by atoms with Gasteiger partial charge in [0.25, 0.3) is 5.88 Å². The van der Waals surface area contributed by atoms with Crippen LogP contribution < -0.4 is 4.74 Å². The Morgan fingerprint density at radius 2 is 1.95 bits per heavy atom. The number of alkyl halides is 1. The summed E-state index contributed by atoms with van der Waals surface area (Å²) >= 11 is 1.16. The number of hydrogen-bond donors (Lipinski definition) is 0. The molecule has 0 atom stereocenters. The van der Waals surface area contributed by atoms with Crippen molar-refractivity contribution in [3.05, 3.63) is 11.8 Å². The van der Waals surface area contributed by atoms with Crippen molar-refractivity contribution in [1.82, 2.24) is 13.6 Å². The number of halogens is 1. The van der Waals surface area contributed by atoms with Gasteiger partial charge in [-0.05, 0) is 19.0 Å². The molecule has 0 bridgehead atoms. The molecule has 0 saturated carbocycles. The molecule has 1 aliphatic rings. The van der Waals surface area contributed by atoms with E-state index >= 15 is 0 Å². The van der Waals surface area contributed by atoms with Crippen LogP contribution in [-0.4, -0.2) is 73.5 Å². The monoisotopic (exact) mass is 331 g/mol. The summed E-state index contributed by atoms with van der Waals surface area (Å²) in [7, 11) is 2.09. The van der Waals surface area contributed by atoms with Crippen LogP contribution in [0.3, 0.4) is 0 Å². The van der Waals surface area contributed by atoms with E-state index < -0.39 is 6.67 Å². The van der Waals surface area contributed by atoms with Crippen molar-refractivity contribution >= 4 is 17.3 Å². The Morgan fingerprint density at radius 3 is 2.73 bits per heavy atom. The van der Waals surface area contributed by atoms with Gasteiger partial charge in [-0.2, -0.15) is 4.37 Å². The summed E-state index contributed by atoms with van der Waals surface area (Å²) in [6, 6.07) is 0. The fourth-order valence-corrected chi connectivity index (χ4v) is 2.64. The lowest BCUT2D eigenvalue weighted by molar-refractivity contribution is 0.0321. The molecule has 124 valence electrons. The third kappa shape index (κ3) is 5.60. The molecule has 0 aliphatic carbocycles. The normalized spacial score (nSPS) is 15.8. The number of nitrogens with zero attached hydrogens (tertiary/aromatic N) is 3. The third-order valence-corrected chi connectivity index (χ3v) is 3.68. The first-order valence-electron chi connectivity index (χ1n) is 7.36. The molecule has 0 radical (unpaired) electrons. The van der Waals surface area contributed by atoms with Crippen LogP contribution in [0, 0.1) is 0 Å². The zero-order chi connectivity index (χ0) is 15.6. The van der Waals surface area contributed by atoms with Gasteiger partial charge in [-0.3, -0.25) is 0 Å². The van der Waals surface area contributed by atoms with Gasteiger partial charge in [-0.15, -0.1) is 4.37 Å². The van der Waals surface area contributed by atoms with Crippen LogP contribution in [-0.2, 0) is 9.47 Å². The van der Waals surface area contributed by atoms with Gasteiger partial charge in [-0.25, -0.2) is 4.39 Å². The van der Waals surface area contributed by atoms with E-state index in [1.165, 1.54) is 0 Å². The van der Waals surface area contributed by atoms with Crippen LogP contribution in [0.1, 0.15) is 12.1 Å². The molecule has 0 unspecified atom stereocenters. The molecule has 0 aromatic carbocycles. The molecule has 2 heterocycles. The fraction of sp³-hybridized carbons (Fsp3) is 0.714. The van der Waals surface area contributed by atoms with Crippen LogP contribution >= 0.6 is 11.7 Å². The molecular formula is C14H22FN3O3S. The molecule has 6 nitrogen and oxygen atoms in total. The molecule has 0 saturated heterocycles. The molecule has 0 fully saturated rings. The maximum absolute atomic E-state index is 11.8. The predicted molar refractivity (Wildman–Crippen MR) is 83.1 cm³/mol. The minimum atomic E-state index is -0.465. The van der Waals surface area contributed by atoms with Crippen molar-refractivity contribution in [3.8, 4) is 5.88 Å². The second-order valence-corrected chi connectivity index (χ2v) is 5.46. The van der Waals surface area contributed by atoms with E-state index in [-0.39, 0.29) is 6.61 Å². The van der Waals surface area contributed by atoms with E-state index in [2.05, 4.69) is 26.8 Å². The molecule has 0 N–H and O–H groups in total. The zero-order valence-corrected chi connectivity index (χ0v) is 13.6. The van der Waals surface area contributed by atoms with Gasteiger partial charge in [0.05, 0.1) is 38.2 Å². The van der Waals surface area contributed by atoms with E-state index in [0.29, 0.717) is 32.3 Å². The summed E-state index contributed by atoms with van der Waals surface area (Å²) in [6.45, 7) is 3.26. The van der Waals surface area contributed by atoms with Gasteiger partial charge in [-0.1, -0.05) is 6.08 Å². The topological polar surface area (TPSA) is 56.7 Å². The van der Waals surface area contributed by atoms with Crippen molar-refractivity contribution < 1.29 is 18.6 Å². The first-order chi connectivity index (χ1) is 10.8. The highest BCUT2D eigenvalue weighted by Crippen LogP contribution is 2.26. The number of likely N-dealkylation sites (N-methyl/N-ethyl adjacent to an activating group) is 1. The molecule has 22 heavy (non-hydrogen) atoms. The average Bonchev–Trinajstić information content (AvgIpc) is 2.98. The van der Waals surface area contributed by atoms with Crippen molar-refractivity contribution in [2.24, 2.45) is 0 Å². The van der Waals surface area contributed by atoms with Gasteiger partial charge >= 0.3 is 0 Å². The lowest BCUT2D eigenvalue weighted by Crippen LogP contribution is -2.25. The number of aromatic nitrogens is 2. The number of hydrogen-bond acceptors (Lipinski definition) is 7. The maximum Gasteiger partial charge on any atom is 0.253 e. The summed E-state index contributed by atoms with van der Waals surface area (Å²) in [5, 5.41) is 0. The summed E-state index contributed by atoms with van der Waals surface area (Å²) in [6.07, 6.45) is 3.22. The van der Waals surface area contributed by atoms with Gasteiger partial charge in [0.2, 0.25) is 0 Å². The first kappa shape index (κ1) is 17.3. The zero-order valence-electron chi connectivity index (χ0n) is 12.8. The second-order valence-electron chi connectivity index (χ2n) is 4.94. The largest absolute Gasteiger partial charge is 0.473 e. The average molecular weight is 331 g/mol. The Morgan fingerprint density at radius 1 is 1.18 bits per heavy atom. The lowest BCUT2D eigenvalue weighted by Gasteiger charge is -2.22. The minimum Gasteiger partial charge on any atom is -0.473 e. The minimum absolute atomic E-state index is 0.122. The molecule has 1 aromatic heterocycles. The highest BCUT2D eigenvalue weighted by Gasteiger charge is 2.18. The standard InChI is InChI=1S/C14H22FN3O3S/c1-18-5-2-3-12(11-18)13-14(17-22-16-13)21-10-9-20-8-7-19-6-4-15/h3H,2,4-11H2,1H3. The Kier molecular flexibility index (Phi) is 7.72. The highest BCUT2D eigenvalue weighted by molar-refractivity contribution is 6.99. The van der Waals surface area contributed by atoms with Gasteiger partial charge in [0, 0.05) is 13.1 Å². The quantitative estimate of drug-likeness (QED) is 0.608. The SMILES string of the molecule is CN1CCC=C(c2nsnc2OCCOCCOCCF)C1. The molecular weight excluding hydrogens is 309 g/mol. The number of ether oxygens (including phenoxy) is 3. The second kappa shape index (κ2) is 9.83. The number of rotatable bonds is 10. The lowest BCUT2D eigenvalue weighted by atomic mass is 10.1. The first-order valence-corrected chi connectivity index (χ1v) is 8.09. The molecule has 1 aromatic rings. The summed E-state index contributed by atoms with van der Waals surface area (Å²) in [4.78, 5) is 2.25. The van der Waals surface area contributed by atoms with Crippen molar-refractivity contribution in [3.63, 3.8) is 0 Å². The van der Waals surface area contributed by atoms with Crippen molar-refractivity contribution in [1.29, 1.82) is 0 Å². The summed E-state index contributed by atoms with van der Waals surface area (Å²) < 4.78 is 36.3. The van der Waals surface area contributed by atoms with E-state index in [4.69, 9.17) is 14.2 Å². The van der Waals surface area contributed by atoms with E-state index in [1.807, 2.05) is 0 Å². The van der Waals surface area contributed by atoms with Crippen molar-refractivity contribution in [2.75, 3.05) is 59.8 Å². The molecule has 8 heteroatoms. The van der Waals surface area contributed by atoms with E-state index in [0.717, 1.165) is 42.5 Å².